The van der Waals surface area contributed by atoms with Crippen molar-refractivity contribution in [3.8, 4) is 0 Å². The molecule has 6 aromatic rings. The Morgan fingerprint density at radius 3 is 1.10 bits per heavy atom. The van der Waals surface area contributed by atoms with Crippen LogP contribution in [0.4, 0.5) is 0 Å². The number of aryl methyl sites for hydroxylation is 3. The highest BCUT2D eigenvalue weighted by Gasteiger charge is 2.49. The highest BCUT2D eigenvalue weighted by molar-refractivity contribution is 5.93. The molecule has 0 spiro atoms. The van der Waals surface area contributed by atoms with E-state index in [1.807, 2.05) is 133 Å². The molecule has 6 aromatic carbocycles. The van der Waals surface area contributed by atoms with Gasteiger partial charge in [-0.2, -0.15) is 0 Å². The number of rotatable bonds is 10. The molecule has 6 aliphatic carbocycles. The van der Waals surface area contributed by atoms with Crippen molar-refractivity contribution in [2.75, 3.05) is 13.2 Å². The van der Waals surface area contributed by atoms with Crippen molar-refractivity contribution in [1.82, 2.24) is 10.6 Å². The molecule has 0 aromatic heterocycles. The van der Waals surface area contributed by atoms with Crippen LogP contribution in [-0.4, -0.2) is 75.7 Å². The average Bonchev–Trinajstić information content (AvgIpc) is 4.18. The van der Waals surface area contributed by atoms with E-state index in [0.717, 1.165) is 108 Å². The lowest BCUT2D eigenvalue weighted by molar-refractivity contribution is -0.153. The molecule has 3 atom stereocenters. The number of aliphatic carboxylic acids is 2. The molecule has 6 aliphatic rings. The summed E-state index contributed by atoms with van der Waals surface area (Å²) in [5.74, 6) is -3.24. The monoisotopic (exact) mass is 1080 g/mol. The summed E-state index contributed by atoms with van der Waals surface area (Å²) < 4.78 is 10.4. The Morgan fingerprint density at radius 1 is 0.438 bits per heavy atom. The number of carbonyl (C=O) groups excluding carboxylic acids is 4. The number of carboxylic acid groups (broad SMARTS) is 2. The first-order chi connectivity index (χ1) is 38.7. The fraction of sp³-hybridized carbons (Fsp3) is 0.373. The minimum Gasteiger partial charge on any atom is -0.481 e. The molecule has 0 radical (unpaired) electrons. The number of fused-ring (bicyclic) bond motifs is 6. The summed E-state index contributed by atoms with van der Waals surface area (Å²) in [5, 5.41) is 24.9. The largest absolute Gasteiger partial charge is 0.481 e. The Labute approximate surface area is 468 Å². The molecular formula is C67H73N3O10. The van der Waals surface area contributed by atoms with E-state index >= 15 is 0 Å². The van der Waals surface area contributed by atoms with Crippen molar-refractivity contribution < 1.29 is 48.5 Å². The van der Waals surface area contributed by atoms with Crippen molar-refractivity contribution in [1.29, 1.82) is 0 Å². The summed E-state index contributed by atoms with van der Waals surface area (Å²) >= 11 is 0. The van der Waals surface area contributed by atoms with Crippen LogP contribution in [0.15, 0.2) is 146 Å². The molecule has 6 N–H and O–H groups in total. The summed E-state index contributed by atoms with van der Waals surface area (Å²) in [6.07, 6.45) is 11.2. The lowest BCUT2D eigenvalue weighted by Crippen LogP contribution is -2.57. The average molecular weight is 1080 g/mol. The molecule has 0 heterocycles. The van der Waals surface area contributed by atoms with Crippen LogP contribution in [0.5, 0.6) is 0 Å². The summed E-state index contributed by atoms with van der Waals surface area (Å²) in [5.41, 5.74) is 16.3. The van der Waals surface area contributed by atoms with Gasteiger partial charge in [-0.1, -0.05) is 146 Å². The molecule has 416 valence electrons. The Kier molecular flexibility index (Phi) is 17.8. The second-order valence-corrected chi connectivity index (χ2v) is 22.2. The highest BCUT2D eigenvalue weighted by atomic mass is 16.5. The molecule has 0 saturated carbocycles. The van der Waals surface area contributed by atoms with Gasteiger partial charge in [-0.25, -0.2) is 9.59 Å². The maximum Gasteiger partial charge on any atom is 0.332 e. The fourth-order valence-electron chi connectivity index (χ4n) is 12.8. The van der Waals surface area contributed by atoms with Crippen LogP contribution in [0.2, 0.25) is 0 Å². The van der Waals surface area contributed by atoms with Crippen molar-refractivity contribution in [3.05, 3.63) is 212 Å². The SMILES string of the molecule is CCOC(=O)C1(N)Cc2ccccc2C1.CCOC(=O)C1(NC(=O)[C@H]2CCCc3ccccc32)Cc2ccccc2C1.O=C(NC1(C(=O)O)Cc2ccccc2C1)[C@H]1CCCc2ccccc21.O=C(O)[C@H]1CCCc2ccccc21. The van der Waals surface area contributed by atoms with Gasteiger partial charge in [0, 0.05) is 38.5 Å². The number of benzene rings is 6. The number of carbonyl (C=O) groups is 6. The zero-order chi connectivity index (χ0) is 56.4. The Hall–Kier alpha value is -7.90. The fourth-order valence-corrected chi connectivity index (χ4v) is 12.8. The van der Waals surface area contributed by atoms with E-state index in [9.17, 15) is 33.9 Å². The van der Waals surface area contributed by atoms with E-state index in [1.54, 1.807) is 13.8 Å². The van der Waals surface area contributed by atoms with Crippen LogP contribution < -0.4 is 16.4 Å². The molecule has 13 nitrogen and oxygen atoms in total. The lowest BCUT2D eigenvalue weighted by atomic mass is 9.81. The van der Waals surface area contributed by atoms with Gasteiger partial charge in [0.2, 0.25) is 11.8 Å². The number of hydrogen-bond acceptors (Lipinski definition) is 9. The molecule has 0 bridgehead atoms. The van der Waals surface area contributed by atoms with Crippen LogP contribution in [0.3, 0.4) is 0 Å². The number of hydrogen-bond donors (Lipinski definition) is 5. The van der Waals surface area contributed by atoms with Gasteiger partial charge in [0.15, 0.2) is 0 Å². The number of nitrogens with two attached hydrogens (primary N) is 1. The quantitative estimate of drug-likeness (QED) is 0.0816. The zero-order valence-corrected chi connectivity index (χ0v) is 45.8. The topological polar surface area (TPSA) is 211 Å². The van der Waals surface area contributed by atoms with Crippen molar-refractivity contribution in [2.24, 2.45) is 5.73 Å². The molecule has 0 unspecified atom stereocenters. The Morgan fingerprint density at radius 2 is 0.738 bits per heavy atom. The third-order valence-corrected chi connectivity index (χ3v) is 16.9. The minimum atomic E-state index is -1.23. The molecule has 0 saturated heterocycles. The van der Waals surface area contributed by atoms with E-state index in [1.165, 1.54) is 16.7 Å². The number of nitrogens with one attached hydrogen (secondary N) is 2. The minimum absolute atomic E-state index is 0.0667. The second kappa shape index (κ2) is 25.0. The molecule has 80 heavy (non-hydrogen) atoms. The van der Waals surface area contributed by atoms with Crippen molar-refractivity contribution in [2.45, 2.75) is 145 Å². The van der Waals surface area contributed by atoms with Crippen molar-refractivity contribution >= 4 is 35.7 Å². The maximum absolute atomic E-state index is 13.3. The highest BCUT2D eigenvalue weighted by Crippen LogP contribution is 2.38. The summed E-state index contributed by atoms with van der Waals surface area (Å²) in [7, 11) is 0. The number of esters is 2. The van der Waals surface area contributed by atoms with E-state index in [-0.39, 0.29) is 41.5 Å². The normalized spacial score (nSPS) is 19.6. The summed E-state index contributed by atoms with van der Waals surface area (Å²) in [4.78, 5) is 73.8. The molecule has 13 heteroatoms. The van der Waals surface area contributed by atoms with Crippen LogP contribution in [0, 0.1) is 0 Å². The van der Waals surface area contributed by atoms with Crippen LogP contribution in [0.25, 0.3) is 0 Å². The summed E-state index contributed by atoms with van der Waals surface area (Å²) in [6, 6.07) is 47.7. The van der Waals surface area contributed by atoms with Gasteiger partial charge >= 0.3 is 23.9 Å². The zero-order valence-electron chi connectivity index (χ0n) is 45.8. The van der Waals surface area contributed by atoms with E-state index < -0.39 is 28.6 Å². The number of carboxylic acids is 2. The van der Waals surface area contributed by atoms with Crippen LogP contribution >= 0.6 is 0 Å². The smallest absolute Gasteiger partial charge is 0.332 e. The Bertz CT molecular complexity index is 3180. The van der Waals surface area contributed by atoms with E-state index in [2.05, 4.69) is 22.8 Å². The van der Waals surface area contributed by atoms with Gasteiger partial charge in [0.25, 0.3) is 0 Å². The van der Waals surface area contributed by atoms with Gasteiger partial charge in [0.05, 0.1) is 31.0 Å². The number of ether oxygens (including phenoxy) is 2. The van der Waals surface area contributed by atoms with Gasteiger partial charge < -0.3 is 36.1 Å². The molecule has 12 rings (SSSR count). The molecule has 0 aliphatic heterocycles. The molecule has 0 fully saturated rings. The van der Waals surface area contributed by atoms with Gasteiger partial charge in [0.1, 0.15) is 16.6 Å². The second-order valence-electron chi connectivity index (χ2n) is 22.2. The van der Waals surface area contributed by atoms with Gasteiger partial charge in [-0.05, 0) is 138 Å². The third-order valence-electron chi connectivity index (χ3n) is 16.9. The third kappa shape index (κ3) is 12.4. The lowest BCUT2D eigenvalue weighted by Gasteiger charge is -2.32. The van der Waals surface area contributed by atoms with E-state index in [0.29, 0.717) is 51.7 Å². The van der Waals surface area contributed by atoms with E-state index in [4.69, 9.17) is 20.3 Å². The first-order valence-corrected chi connectivity index (χ1v) is 28.3. The molecular weight excluding hydrogens is 1010 g/mol. The predicted molar refractivity (Wildman–Crippen MR) is 305 cm³/mol. The first-order valence-electron chi connectivity index (χ1n) is 28.3. The van der Waals surface area contributed by atoms with Crippen LogP contribution in [-0.2, 0) is 96.0 Å². The summed E-state index contributed by atoms with van der Waals surface area (Å²) in [6.45, 7) is 4.28. The predicted octanol–water partition coefficient (Wildman–Crippen LogP) is 9.41. The van der Waals surface area contributed by atoms with Gasteiger partial charge in [-0.15, -0.1) is 0 Å². The number of amides is 2. The Balaban J connectivity index is 0.000000135. The van der Waals surface area contributed by atoms with Gasteiger partial charge in [-0.3, -0.25) is 19.2 Å². The van der Waals surface area contributed by atoms with Crippen LogP contribution in [0.1, 0.15) is 137 Å². The maximum atomic E-state index is 13.3. The molecule has 2 amide bonds. The first kappa shape index (κ1) is 56.8. The van der Waals surface area contributed by atoms with Crippen molar-refractivity contribution in [3.63, 3.8) is 0 Å². The standard InChI is InChI=1S/C23H25NO3.C21H21NO3.C12H15NO2.C11H12O2/c1-2-27-22(26)23(14-17-9-3-4-10-18(17)15-23)24-21(25)20-13-7-11-16-8-5-6-12-19(16)20;23-19(18-11-5-9-14-6-3-4-10-17(14)18)22-21(20(24)25)12-15-7-1-2-8-16(15)13-21;1-2-15-11(14)12(13)7-9-5-3-4-6-10(9)8-12;12-11(13)10-7-3-5-8-4-1-2-6-9(8)10/h3-6,8-10,12,20H,2,7,11,13-15H2,1H3,(H,24,25);1-4,6-8,10,18H,5,9,11-13H2,(H,22,23)(H,24,25);3-6H,2,7-8,13H2,1H3;1-2,4,6,10H,3,5,7H2,(H,12,13)/t20-;18-;;10-/m00.0/s1.